The van der Waals surface area contributed by atoms with E-state index in [0.717, 1.165) is 184 Å². The van der Waals surface area contributed by atoms with Crippen molar-refractivity contribution in [3.63, 3.8) is 0 Å². The number of aromatic nitrogens is 4. The molecule has 0 unspecified atom stereocenters. The normalized spacial score (nSPS) is 15.0. The van der Waals surface area contributed by atoms with Crippen molar-refractivity contribution < 1.29 is 8.78 Å². The number of nitrogens with zero attached hydrogens (tertiary/aromatic N) is 4. The molecule has 290 valence electrons. The van der Waals surface area contributed by atoms with E-state index in [9.17, 15) is 0 Å². The zero-order chi connectivity index (χ0) is 38.0. The average Bonchev–Trinajstić information content (AvgIpc) is 3.96. The van der Waals surface area contributed by atoms with E-state index in [1.165, 1.54) is 0 Å². The second kappa shape index (κ2) is 17.1. The number of halogens is 2. The molecule has 5 aromatic rings. The van der Waals surface area contributed by atoms with Crippen molar-refractivity contribution in [3.05, 3.63) is 57.1 Å². The van der Waals surface area contributed by atoms with Crippen LogP contribution in [0.15, 0.2) is 12.1 Å². The van der Waals surface area contributed by atoms with Crippen LogP contribution < -0.4 is 0 Å². The Balaban J connectivity index is 1.58. The molecule has 0 amide bonds. The molecule has 3 aromatic carbocycles. The topological polar surface area (TPSA) is 51.6 Å². The molecule has 2 aliphatic rings. The van der Waals surface area contributed by atoms with E-state index >= 15 is 8.78 Å². The van der Waals surface area contributed by atoms with E-state index in [4.69, 9.17) is 15.9 Å². The Hall–Kier alpha value is -2.24. The van der Waals surface area contributed by atoms with Crippen LogP contribution in [0.25, 0.3) is 44.3 Å². The Bertz CT molecular complexity index is 1940. The van der Waals surface area contributed by atoms with Gasteiger partial charge in [0, 0.05) is 0 Å². The SMILES string of the molecule is CCCCCCC1(CCCCCC)c2cc(C)c3n[se]nc3c2-c2c(F)c3c(c(F)c21)-c1c(cc(C)c2n[se]nc12)C3(CCCCCC)CCCCCC. The molecule has 8 heteroatoms. The van der Waals surface area contributed by atoms with Crippen molar-refractivity contribution in [1.29, 1.82) is 0 Å². The van der Waals surface area contributed by atoms with E-state index < -0.39 is 10.8 Å². The number of unbranched alkanes of at least 4 members (excludes halogenated alkanes) is 12. The third-order valence-electron chi connectivity index (χ3n) is 13.2. The summed E-state index contributed by atoms with van der Waals surface area (Å²) in [7, 11) is 0. The van der Waals surface area contributed by atoms with Gasteiger partial charge in [-0.3, -0.25) is 0 Å². The molecule has 0 atom stereocenters. The summed E-state index contributed by atoms with van der Waals surface area (Å²) in [6, 6.07) is 4.54. The molecule has 0 N–H and O–H groups in total. The van der Waals surface area contributed by atoms with Gasteiger partial charge in [-0.1, -0.05) is 0 Å². The number of aryl methyl sites for hydroxylation is 2. The van der Waals surface area contributed by atoms with E-state index in [2.05, 4.69) is 53.7 Å². The first-order valence-electron chi connectivity index (χ1n) is 21.4. The van der Waals surface area contributed by atoms with Crippen molar-refractivity contribution in [2.24, 2.45) is 0 Å². The minimum atomic E-state index is -0.621. The molecular weight excluding hydrogens is 804 g/mol. The van der Waals surface area contributed by atoms with Gasteiger partial charge in [-0.05, 0) is 0 Å². The Morgan fingerprint density at radius 2 is 0.759 bits per heavy atom. The number of benzene rings is 3. The van der Waals surface area contributed by atoms with Gasteiger partial charge in [0.1, 0.15) is 0 Å². The first kappa shape index (κ1) is 40.0. The van der Waals surface area contributed by atoms with Gasteiger partial charge < -0.3 is 0 Å². The third kappa shape index (κ3) is 6.61. The van der Waals surface area contributed by atoms with Gasteiger partial charge in [-0.15, -0.1) is 0 Å². The fraction of sp³-hybridized carbons (Fsp3) is 0.609. The van der Waals surface area contributed by atoms with Gasteiger partial charge >= 0.3 is 337 Å². The van der Waals surface area contributed by atoms with Crippen LogP contribution in [0.1, 0.15) is 189 Å². The fourth-order valence-electron chi connectivity index (χ4n) is 10.5. The van der Waals surface area contributed by atoms with Crippen LogP contribution in [0, 0.1) is 25.5 Å². The van der Waals surface area contributed by atoms with Crippen LogP contribution in [-0.2, 0) is 10.8 Å². The molecule has 0 bridgehead atoms. The molecule has 0 radical (unpaired) electrons. The summed E-state index contributed by atoms with van der Waals surface area (Å²) in [6.45, 7) is 13.2. The Morgan fingerprint density at radius 1 is 0.444 bits per heavy atom. The number of rotatable bonds is 20. The number of fused-ring (bicyclic) bond motifs is 10. The standard InChI is InChI=1S/C46H60F2N4Se2/c1-7-11-15-19-23-45(24-20-16-12-8-2)31-27-29(5)41-43(51-53-49-41)33(31)35-37(45)39(47)36-34-32(28-30(6)42-44(34)52-54-50-42)46(38(36)40(35)48,25-21-17-13-9-3)26-22-18-14-10-4/h27-28H,7-26H2,1-6H3. The fourth-order valence-corrected chi connectivity index (χ4v) is 13.1. The van der Waals surface area contributed by atoms with E-state index in [1.54, 1.807) is 0 Å². The molecule has 2 heterocycles. The summed E-state index contributed by atoms with van der Waals surface area (Å²) < 4.78 is 57.7. The molecule has 0 spiro atoms. The molecule has 0 saturated heterocycles. The Kier molecular flexibility index (Phi) is 12.6. The van der Waals surface area contributed by atoms with E-state index in [-0.39, 0.29) is 41.6 Å². The predicted octanol–water partition coefficient (Wildman–Crippen LogP) is 13.0. The first-order chi connectivity index (χ1) is 26.3. The van der Waals surface area contributed by atoms with Gasteiger partial charge in [0.15, 0.2) is 0 Å². The van der Waals surface area contributed by atoms with E-state index in [0.29, 0.717) is 22.3 Å². The summed E-state index contributed by atoms with van der Waals surface area (Å²) in [5.74, 6) is -0.386. The molecule has 7 rings (SSSR count). The van der Waals surface area contributed by atoms with Crippen molar-refractivity contribution in [2.45, 2.75) is 181 Å². The van der Waals surface area contributed by atoms with Gasteiger partial charge in [-0.2, -0.15) is 0 Å². The van der Waals surface area contributed by atoms with Crippen molar-refractivity contribution >= 4 is 52.0 Å². The molecular formula is C46H60F2N4Se2. The van der Waals surface area contributed by atoms with Crippen LogP contribution in [-0.4, -0.2) is 45.8 Å². The van der Waals surface area contributed by atoms with Gasteiger partial charge in [0.2, 0.25) is 0 Å². The van der Waals surface area contributed by atoms with Gasteiger partial charge in [0.25, 0.3) is 0 Å². The second-order valence-electron chi connectivity index (χ2n) is 16.7. The Labute approximate surface area is 335 Å². The van der Waals surface area contributed by atoms with Crippen LogP contribution in [0.4, 0.5) is 8.78 Å². The summed E-state index contributed by atoms with van der Waals surface area (Å²) >= 11 is -0.573. The first-order valence-corrected chi connectivity index (χ1v) is 24.5. The summed E-state index contributed by atoms with van der Waals surface area (Å²) in [5, 5.41) is 0. The summed E-state index contributed by atoms with van der Waals surface area (Å²) in [4.78, 5) is 0. The molecule has 0 saturated carbocycles. The molecule has 4 nitrogen and oxygen atoms in total. The summed E-state index contributed by atoms with van der Waals surface area (Å²) in [6.07, 6.45) is 20.7. The molecule has 0 aliphatic heterocycles. The van der Waals surface area contributed by atoms with Crippen LogP contribution in [0.3, 0.4) is 0 Å². The average molecular weight is 865 g/mol. The van der Waals surface area contributed by atoms with Gasteiger partial charge in [0.05, 0.1) is 0 Å². The van der Waals surface area contributed by atoms with Crippen LogP contribution >= 0.6 is 0 Å². The third-order valence-corrected chi connectivity index (χ3v) is 15.4. The van der Waals surface area contributed by atoms with E-state index in [1.807, 2.05) is 0 Å². The molecule has 2 aromatic heterocycles. The van der Waals surface area contributed by atoms with Crippen LogP contribution in [0.5, 0.6) is 0 Å². The molecule has 2 aliphatic carbocycles. The maximum absolute atomic E-state index is 18.9. The predicted molar refractivity (Wildman–Crippen MR) is 223 cm³/mol. The zero-order valence-corrected chi connectivity index (χ0v) is 37.1. The zero-order valence-electron chi connectivity index (χ0n) is 33.7. The minimum absolute atomic E-state index is 0.193. The monoisotopic (exact) mass is 866 g/mol. The van der Waals surface area contributed by atoms with Crippen LogP contribution in [0.2, 0.25) is 0 Å². The van der Waals surface area contributed by atoms with Gasteiger partial charge in [-0.25, -0.2) is 0 Å². The second-order valence-corrected chi connectivity index (χ2v) is 18.9. The quantitative estimate of drug-likeness (QED) is 0.0578. The summed E-state index contributed by atoms with van der Waals surface area (Å²) in [5.41, 5.74) is 10.5. The van der Waals surface area contributed by atoms with Crippen molar-refractivity contribution in [1.82, 2.24) is 15.9 Å². The Morgan fingerprint density at radius 3 is 1.07 bits per heavy atom. The molecule has 54 heavy (non-hydrogen) atoms. The van der Waals surface area contributed by atoms with Crippen molar-refractivity contribution in [3.8, 4) is 22.3 Å². The van der Waals surface area contributed by atoms with Crippen molar-refractivity contribution in [2.75, 3.05) is 0 Å². The number of hydrogen-bond donors (Lipinski definition) is 0. The number of hydrogen-bond acceptors (Lipinski definition) is 4. The maximum atomic E-state index is 18.9. The molecule has 0 fully saturated rings.